The lowest BCUT2D eigenvalue weighted by Gasteiger charge is -2.35. The SMILES string of the molecule is COCC1(OC(=O)NCC(=O)N2CCC(C)C2C(=O)C(C)C)CCCC1CCCCCc1nc2ccc(OC)cc2[nH]c1=O. The maximum Gasteiger partial charge on any atom is 0.408 e. The second-order valence-corrected chi connectivity index (χ2v) is 12.7. The number of aryl methyl sites for hydroxylation is 1. The highest BCUT2D eigenvalue weighted by Crippen LogP contribution is 2.42. The number of aromatic nitrogens is 2. The maximum absolute atomic E-state index is 13.0. The molecule has 242 valence electrons. The van der Waals surface area contributed by atoms with Crippen LogP contribution in [0.3, 0.4) is 0 Å². The molecule has 1 saturated carbocycles. The van der Waals surface area contributed by atoms with Crippen molar-refractivity contribution in [1.29, 1.82) is 0 Å². The molecule has 2 amide bonds. The minimum Gasteiger partial charge on any atom is -0.497 e. The quantitative estimate of drug-likeness (QED) is 0.299. The van der Waals surface area contributed by atoms with E-state index in [9.17, 15) is 19.2 Å². The van der Waals surface area contributed by atoms with Gasteiger partial charge in [-0.3, -0.25) is 14.4 Å². The number of carbonyl (C=O) groups excluding carboxylic acids is 3. The summed E-state index contributed by atoms with van der Waals surface area (Å²) in [6, 6.07) is 4.98. The largest absolute Gasteiger partial charge is 0.497 e. The zero-order chi connectivity index (χ0) is 31.9. The Labute approximate surface area is 259 Å². The van der Waals surface area contributed by atoms with Gasteiger partial charge in [-0.2, -0.15) is 0 Å². The van der Waals surface area contributed by atoms with E-state index in [1.54, 1.807) is 25.2 Å². The molecule has 2 fully saturated rings. The minimum atomic E-state index is -0.752. The van der Waals surface area contributed by atoms with Crippen molar-refractivity contribution in [2.45, 2.75) is 90.2 Å². The Morgan fingerprint density at radius 3 is 2.68 bits per heavy atom. The molecule has 11 nitrogen and oxygen atoms in total. The summed E-state index contributed by atoms with van der Waals surface area (Å²) in [6.07, 6.45) is 6.76. The number of ketones is 1. The van der Waals surface area contributed by atoms with Gasteiger partial charge in [-0.05, 0) is 63.0 Å². The predicted octanol–water partition coefficient (Wildman–Crippen LogP) is 4.41. The van der Waals surface area contributed by atoms with Crippen molar-refractivity contribution >= 4 is 28.8 Å². The summed E-state index contributed by atoms with van der Waals surface area (Å²) in [7, 11) is 3.19. The number of hydrogen-bond acceptors (Lipinski definition) is 8. The number of carbonyl (C=O) groups is 3. The monoisotopic (exact) mass is 612 g/mol. The summed E-state index contributed by atoms with van der Waals surface area (Å²) >= 11 is 0. The molecule has 2 N–H and O–H groups in total. The van der Waals surface area contributed by atoms with E-state index in [2.05, 4.69) is 15.3 Å². The molecule has 0 spiro atoms. The van der Waals surface area contributed by atoms with Gasteiger partial charge in [0.1, 0.15) is 23.6 Å². The van der Waals surface area contributed by atoms with E-state index in [1.807, 2.05) is 32.9 Å². The number of aromatic amines is 1. The number of likely N-dealkylation sites (tertiary alicyclic amines) is 1. The number of hydrogen-bond donors (Lipinski definition) is 2. The van der Waals surface area contributed by atoms with Crippen molar-refractivity contribution in [3.63, 3.8) is 0 Å². The van der Waals surface area contributed by atoms with Crippen LogP contribution < -0.4 is 15.6 Å². The van der Waals surface area contributed by atoms with Gasteiger partial charge in [0, 0.05) is 31.6 Å². The second kappa shape index (κ2) is 15.0. The van der Waals surface area contributed by atoms with Gasteiger partial charge in [-0.25, -0.2) is 9.78 Å². The normalized spacial score (nSPS) is 23.3. The Hall–Kier alpha value is -3.47. The molecule has 4 rings (SSSR count). The van der Waals surface area contributed by atoms with Gasteiger partial charge in [0.15, 0.2) is 5.78 Å². The van der Waals surface area contributed by atoms with Gasteiger partial charge in [-0.15, -0.1) is 0 Å². The van der Waals surface area contributed by atoms with Crippen LogP contribution in [0.4, 0.5) is 4.79 Å². The number of unbranched alkanes of at least 4 members (excludes halogenated alkanes) is 2. The molecule has 11 heteroatoms. The average molecular weight is 613 g/mol. The third-order valence-corrected chi connectivity index (χ3v) is 9.28. The van der Waals surface area contributed by atoms with Crippen LogP contribution in [0, 0.1) is 17.8 Å². The number of nitrogens with one attached hydrogen (secondary N) is 2. The fourth-order valence-electron chi connectivity index (χ4n) is 6.85. The number of H-pyrrole nitrogens is 1. The first kappa shape index (κ1) is 33.4. The number of nitrogens with zero attached hydrogens (tertiary/aromatic N) is 2. The number of rotatable bonds is 14. The Bertz CT molecular complexity index is 1380. The number of ether oxygens (including phenoxy) is 3. The van der Waals surface area contributed by atoms with Crippen molar-refractivity contribution in [3.8, 4) is 5.75 Å². The van der Waals surface area contributed by atoms with E-state index < -0.39 is 17.7 Å². The topological polar surface area (TPSA) is 140 Å². The third kappa shape index (κ3) is 7.78. The smallest absolute Gasteiger partial charge is 0.408 e. The lowest BCUT2D eigenvalue weighted by atomic mass is 9.86. The van der Waals surface area contributed by atoms with Gasteiger partial charge in [0.2, 0.25) is 5.91 Å². The molecule has 0 bridgehead atoms. The Kier molecular flexibility index (Phi) is 11.4. The minimum absolute atomic E-state index is 0.0557. The summed E-state index contributed by atoms with van der Waals surface area (Å²) in [5.74, 6) is 0.519. The van der Waals surface area contributed by atoms with Crippen LogP contribution in [-0.2, 0) is 25.5 Å². The summed E-state index contributed by atoms with van der Waals surface area (Å²) in [6.45, 7) is 6.27. The van der Waals surface area contributed by atoms with Crippen LogP contribution in [0.2, 0.25) is 0 Å². The van der Waals surface area contributed by atoms with Gasteiger partial charge in [-0.1, -0.05) is 33.6 Å². The molecule has 2 aromatic rings. The van der Waals surface area contributed by atoms with Crippen LogP contribution in [0.15, 0.2) is 23.0 Å². The zero-order valence-electron chi connectivity index (χ0n) is 26.8. The molecule has 2 heterocycles. The summed E-state index contributed by atoms with van der Waals surface area (Å²) in [5.41, 5.74) is 0.970. The molecule has 1 saturated heterocycles. The van der Waals surface area contributed by atoms with Crippen LogP contribution >= 0.6 is 0 Å². The summed E-state index contributed by atoms with van der Waals surface area (Å²) < 4.78 is 16.8. The summed E-state index contributed by atoms with van der Waals surface area (Å²) in [4.78, 5) is 60.3. The lowest BCUT2D eigenvalue weighted by molar-refractivity contribution is -0.139. The molecule has 2 aliphatic rings. The molecule has 4 unspecified atom stereocenters. The van der Waals surface area contributed by atoms with Crippen molar-refractivity contribution < 1.29 is 28.6 Å². The summed E-state index contributed by atoms with van der Waals surface area (Å²) in [5, 5.41) is 2.65. The van der Waals surface area contributed by atoms with Gasteiger partial charge in [0.05, 0.1) is 30.8 Å². The Morgan fingerprint density at radius 1 is 1.16 bits per heavy atom. The highest BCUT2D eigenvalue weighted by molar-refractivity contribution is 5.92. The predicted molar refractivity (Wildman–Crippen MR) is 167 cm³/mol. The van der Waals surface area contributed by atoms with Crippen molar-refractivity contribution in [2.75, 3.05) is 33.9 Å². The van der Waals surface area contributed by atoms with E-state index in [4.69, 9.17) is 14.2 Å². The number of methoxy groups -OCH3 is 2. The van der Waals surface area contributed by atoms with Crippen LogP contribution in [0.25, 0.3) is 11.0 Å². The van der Waals surface area contributed by atoms with Crippen molar-refractivity contribution in [2.24, 2.45) is 17.8 Å². The van der Waals surface area contributed by atoms with E-state index in [0.29, 0.717) is 36.3 Å². The Morgan fingerprint density at radius 2 is 1.95 bits per heavy atom. The number of fused-ring (bicyclic) bond motifs is 1. The molecule has 44 heavy (non-hydrogen) atoms. The average Bonchev–Trinajstić information content (AvgIpc) is 3.57. The Balaban J connectivity index is 1.27. The van der Waals surface area contributed by atoms with Crippen molar-refractivity contribution in [3.05, 3.63) is 34.2 Å². The molecule has 1 aliphatic carbocycles. The molecule has 1 aromatic heterocycles. The number of benzene rings is 1. The maximum atomic E-state index is 13.0. The van der Waals surface area contributed by atoms with E-state index in [1.165, 1.54) is 0 Å². The fourth-order valence-corrected chi connectivity index (χ4v) is 6.85. The zero-order valence-corrected chi connectivity index (χ0v) is 26.8. The number of alkyl carbamates (subject to hydrolysis) is 1. The highest BCUT2D eigenvalue weighted by Gasteiger charge is 2.46. The van der Waals surface area contributed by atoms with E-state index >= 15 is 0 Å². The van der Waals surface area contributed by atoms with Gasteiger partial charge < -0.3 is 29.4 Å². The number of amides is 2. The molecule has 1 aliphatic heterocycles. The van der Waals surface area contributed by atoms with Crippen LogP contribution in [0.5, 0.6) is 5.75 Å². The molecule has 1 aromatic carbocycles. The first-order valence-electron chi connectivity index (χ1n) is 15.9. The number of Topliss-reactive ketones (excluding diaryl/α,β-unsaturated/α-hetero) is 1. The van der Waals surface area contributed by atoms with Crippen molar-refractivity contribution in [1.82, 2.24) is 20.2 Å². The standard InChI is InChI=1S/C33H48N4O7/c1-21(2)30(39)29-22(3)15-17-37(29)28(38)19-34-32(41)44-33(20-42-4)16-9-11-23(33)10-7-6-8-12-26-31(40)36-27-18-24(43-5)13-14-25(27)35-26/h13-14,18,21-23,29H,6-12,15-17,19-20H2,1-5H3,(H,34,41)(H,36,40). The second-order valence-electron chi connectivity index (χ2n) is 12.7. The fraction of sp³-hybridized carbons (Fsp3) is 0.667. The first-order valence-corrected chi connectivity index (χ1v) is 15.9. The van der Waals surface area contributed by atoms with E-state index in [-0.39, 0.29) is 48.2 Å². The highest BCUT2D eigenvalue weighted by atomic mass is 16.6. The van der Waals surface area contributed by atoms with E-state index in [0.717, 1.165) is 50.5 Å². The first-order chi connectivity index (χ1) is 21.1. The van der Waals surface area contributed by atoms with Gasteiger partial charge >= 0.3 is 6.09 Å². The molecular weight excluding hydrogens is 564 g/mol. The van der Waals surface area contributed by atoms with Crippen LogP contribution in [0.1, 0.15) is 77.8 Å². The molecule has 0 radical (unpaired) electrons. The third-order valence-electron chi connectivity index (χ3n) is 9.28. The van der Waals surface area contributed by atoms with Gasteiger partial charge in [0.25, 0.3) is 5.56 Å². The lowest BCUT2D eigenvalue weighted by Crippen LogP contribution is -2.50. The molecular formula is C33H48N4O7. The van der Waals surface area contributed by atoms with Crippen LogP contribution in [-0.4, -0.2) is 78.2 Å². The molecule has 4 atom stereocenters.